The molecule has 2 aromatic rings. The minimum atomic E-state index is 0.663. The van der Waals surface area contributed by atoms with Crippen LogP contribution in [0.2, 0.25) is 0 Å². The molecule has 0 bridgehead atoms. The molecule has 0 spiro atoms. The zero-order valence-corrected chi connectivity index (χ0v) is 9.29. The lowest BCUT2D eigenvalue weighted by atomic mass is 10.3. The predicted molar refractivity (Wildman–Crippen MR) is 63.1 cm³/mol. The maximum absolute atomic E-state index is 5.17. The Kier molecular flexibility index (Phi) is 3.00. The van der Waals surface area contributed by atoms with Crippen molar-refractivity contribution in [3.63, 3.8) is 0 Å². The van der Waals surface area contributed by atoms with Gasteiger partial charge in [-0.2, -0.15) is 0 Å². The Hall–Kier alpha value is -2.10. The number of rotatable bonds is 3. The summed E-state index contributed by atoms with van der Waals surface area (Å²) in [5.41, 5.74) is 0.991. The second-order valence-electron chi connectivity index (χ2n) is 3.31. The van der Waals surface area contributed by atoms with E-state index in [0.29, 0.717) is 5.95 Å². The van der Waals surface area contributed by atoms with Crippen LogP contribution in [-0.2, 0) is 0 Å². The lowest BCUT2D eigenvalue weighted by molar-refractivity contribution is 0.415. The van der Waals surface area contributed by atoms with Gasteiger partial charge in [0, 0.05) is 31.2 Å². The van der Waals surface area contributed by atoms with Gasteiger partial charge in [-0.05, 0) is 18.2 Å². The Labute approximate surface area is 94.5 Å². The highest BCUT2D eigenvalue weighted by Gasteiger charge is 2.06. The van der Waals surface area contributed by atoms with E-state index in [1.807, 2.05) is 36.2 Å². The van der Waals surface area contributed by atoms with Crippen LogP contribution in [0.15, 0.2) is 42.7 Å². The van der Waals surface area contributed by atoms with Crippen molar-refractivity contribution in [1.29, 1.82) is 0 Å². The molecule has 0 N–H and O–H groups in total. The first kappa shape index (κ1) is 10.4. The molecule has 4 heteroatoms. The van der Waals surface area contributed by atoms with Gasteiger partial charge >= 0.3 is 0 Å². The minimum Gasteiger partial charge on any atom is -0.497 e. The Morgan fingerprint density at radius 3 is 2.56 bits per heavy atom. The molecule has 0 saturated heterocycles. The van der Waals surface area contributed by atoms with Crippen LogP contribution in [0.3, 0.4) is 0 Å². The van der Waals surface area contributed by atoms with E-state index in [1.165, 1.54) is 0 Å². The SMILES string of the molecule is COc1cccc(N(C)c2ncccn2)c1. The largest absolute Gasteiger partial charge is 0.497 e. The van der Waals surface area contributed by atoms with Gasteiger partial charge < -0.3 is 9.64 Å². The van der Waals surface area contributed by atoms with Crippen LogP contribution in [0.4, 0.5) is 11.6 Å². The second kappa shape index (κ2) is 4.61. The first-order chi connectivity index (χ1) is 7.81. The molecule has 1 aromatic heterocycles. The molecule has 0 saturated carbocycles. The smallest absolute Gasteiger partial charge is 0.229 e. The van der Waals surface area contributed by atoms with Gasteiger partial charge in [0.25, 0.3) is 0 Å². The highest BCUT2D eigenvalue weighted by molar-refractivity contribution is 5.58. The van der Waals surface area contributed by atoms with Crippen LogP contribution in [0, 0.1) is 0 Å². The summed E-state index contributed by atoms with van der Waals surface area (Å²) in [5, 5.41) is 0. The third-order valence-electron chi connectivity index (χ3n) is 2.29. The summed E-state index contributed by atoms with van der Waals surface area (Å²) in [6, 6.07) is 9.56. The van der Waals surface area contributed by atoms with Crippen LogP contribution < -0.4 is 9.64 Å². The normalized spacial score (nSPS) is 9.88. The molecule has 0 amide bonds. The number of nitrogens with zero attached hydrogens (tertiary/aromatic N) is 3. The van der Waals surface area contributed by atoms with Gasteiger partial charge in [-0.25, -0.2) is 9.97 Å². The lowest BCUT2D eigenvalue weighted by Gasteiger charge is -2.17. The number of ether oxygens (including phenoxy) is 1. The number of anilines is 2. The Morgan fingerprint density at radius 2 is 1.88 bits per heavy atom. The number of hydrogen-bond acceptors (Lipinski definition) is 4. The number of methoxy groups -OCH3 is 1. The highest BCUT2D eigenvalue weighted by Crippen LogP contribution is 2.23. The number of benzene rings is 1. The third-order valence-corrected chi connectivity index (χ3v) is 2.29. The first-order valence-corrected chi connectivity index (χ1v) is 4.96. The molecule has 0 aliphatic heterocycles. The van der Waals surface area contributed by atoms with E-state index in [9.17, 15) is 0 Å². The minimum absolute atomic E-state index is 0.663. The molecule has 0 aliphatic carbocycles. The van der Waals surface area contributed by atoms with E-state index in [-0.39, 0.29) is 0 Å². The summed E-state index contributed by atoms with van der Waals surface area (Å²) in [5.74, 6) is 1.48. The van der Waals surface area contributed by atoms with E-state index in [4.69, 9.17) is 4.74 Å². The molecule has 0 fully saturated rings. The van der Waals surface area contributed by atoms with Crippen molar-refractivity contribution < 1.29 is 4.74 Å². The average molecular weight is 215 g/mol. The number of aromatic nitrogens is 2. The van der Waals surface area contributed by atoms with Gasteiger partial charge in [0.1, 0.15) is 5.75 Å². The van der Waals surface area contributed by atoms with Crippen LogP contribution in [-0.4, -0.2) is 24.1 Å². The van der Waals surface area contributed by atoms with E-state index in [0.717, 1.165) is 11.4 Å². The summed E-state index contributed by atoms with van der Waals surface area (Å²) in [7, 11) is 3.57. The van der Waals surface area contributed by atoms with Gasteiger partial charge in [-0.15, -0.1) is 0 Å². The van der Waals surface area contributed by atoms with Crippen molar-refractivity contribution in [2.24, 2.45) is 0 Å². The van der Waals surface area contributed by atoms with E-state index < -0.39 is 0 Å². The lowest BCUT2D eigenvalue weighted by Crippen LogP contribution is -2.12. The summed E-state index contributed by atoms with van der Waals surface area (Å²) >= 11 is 0. The van der Waals surface area contributed by atoms with E-state index in [2.05, 4.69) is 9.97 Å². The molecule has 4 nitrogen and oxygen atoms in total. The fourth-order valence-corrected chi connectivity index (χ4v) is 1.40. The Bertz CT molecular complexity index is 459. The monoisotopic (exact) mass is 215 g/mol. The zero-order valence-electron chi connectivity index (χ0n) is 9.29. The van der Waals surface area contributed by atoms with Crippen LogP contribution in [0.5, 0.6) is 5.75 Å². The molecule has 1 heterocycles. The molecular formula is C12H13N3O. The Morgan fingerprint density at radius 1 is 1.12 bits per heavy atom. The van der Waals surface area contributed by atoms with E-state index in [1.54, 1.807) is 25.6 Å². The summed E-state index contributed by atoms with van der Waals surface area (Å²) < 4.78 is 5.17. The molecule has 16 heavy (non-hydrogen) atoms. The zero-order chi connectivity index (χ0) is 11.4. The Balaban J connectivity index is 2.30. The summed E-state index contributed by atoms with van der Waals surface area (Å²) in [4.78, 5) is 10.3. The highest BCUT2D eigenvalue weighted by atomic mass is 16.5. The average Bonchev–Trinajstić information content (AvgIpc) is 2.39. The van der Waals surface area contributed by atoms with Crippen molar-refractivity contribution >= 4 is 11.6 Å². The van der Waals surface area contributed by atoms with Crippen molar-refractivity contribution in [2.45, 2.75) is 0 Å². The van der Waals surface area contributed by atoms with Crippen LogP contribution in [0.1, 0.15) is 0 Å². The summed E-state index contributed by atoms with van der Waals surface area (Å²) in [6.45, 7) is 0. The topological polar surface area (TPSA) is 38.2 Å². The quantitative estimate of drug-likeness (QED) is 0.787. The molecule has 0 aliphatic rings. The van der Waals surface area contributed by atoms with Crippen molar-refractivity contribution in [2.75, 3.05) is 19.1 Å². The van der Waals surface area contributed by atoms with Crippen LogP contribution >= 0.6 is 0 Å². The van der Waals surface area contributed by atoms with Gasteiger partial charge in [-0.1, -0.05) is 6.07 Å². The first-order valence-electron chi connectivity index (χ1n) is 4.96. The molecule has 0 atom stereocenters. The van der Waals surface area contributed by atoms with Gasteiger partial charge in [-0.3, -0.25) is 0 Å². The predicted octanol–water partition coefficient (Wildman–Crippen LogP) is 2.25. The van der Waals surface area contributed by atoms with Gasteiger partial charge in [0.15, 0.2) is 0 Å². The third kappa shape index (κ3) is 2.11. The second-order valence-corrected chi connectivity index (χ2v) is 3.31. The molecule has 2 rings (SSSR count). The van der Waals surface area contributed by atoms with Crippen molar-refractivity contribution in [1.82, 2.24) is 9.97 Å². The number of hydrogen-bond donors (Lipinski definition) is 0. The molecule has 0 unspecified atom stereocenters. The van der Waals surface area contributed by atoms with Crippen LogP contribution in [0.25, 0.3) is 0 Å². The molecule has 82 valence electrons. The van der Waals surface area contributed by atoms with Crippen molar-refractivity contribution in [3.8, 4) is 5.75 Å². The molecule has 0 radical (unpaired) electrons. The summed E-state index contributed by atoms with van der Waals surface area (Å²) in [6.07, 6.45) is 3.44. The molecule has 1 aromatic carbocycles. The van der Waals surface area contributed by atoms with Crippen molar-refractivity contribution in [3.05, 3.63) is 42.7 Å². The standard InChI is InChI=1S/C12H13N3O/c1-15(12-13-7-4-8-14-12)10-5-3-6-11(9-10)16-2/h3-9H,1-2H3. The maximum atomic E-state index is 5.17. The maximum Gasteiger partial charge on any atom is 0.229 e. The van der Waals surface area contributed by atoms with E-state index >= 15 is 0 Å². The fraction of sp³-hybridized carbons (Fsp3) is 0.167. The van der Waals surface area contributed by atoms with Gasteiger partial charge in [0.2, 0.25) is 5.95 Å². The van der Waals surface area contributed by atoms with Gasteiger partial charge in [0.05, 0.1) is 7.11 Å². The molecular weight excluding hydrogens is 202 g/mol. The fourth-order valence-electron chi connectivity index (χ4n) is 1.40.